The summed E-state index contributed by atoms with van der Waals surface area (Å²) in [5.74, 6) is 0. The molecule has 4 nitrogen and oxygen atoms in total. The van der Waals surface area contributed by atoms with Crippen LogP contribution in [-0.4, -0.2) is 26.2 Å². The molecule has 0 atom stereocenters. The van der Waals surface area contributed by atoms with Gasteiger partial charge < -0.3 is 10.6 Å². The average Bonchev–Trinajstić information content (AvgIpc) is 2.09. The fourth-order valence-corrected chi connectivity index (χ4v) is 0.447. The third-order valence-electron chi connectivity index (χ3n) is 0.894. The molecule has 0 aliphatic heterocycles. The Bertz CT molecular complexity index is 86.1. The second kappa shape index (κ2) is 29.5. The maximum absolute atomic E-state index is 8.50. The summed E-state index contributed by atoms with van der Waals surface area (Å²) in [6.07, 6.45) is 0. The molecule has 0 aromatic heterocycles. The van der Waals surface area contributed by atoms with Crippen LogP contribution < -0.4 is 0 Å². The van der Waals surface area contributed by atoms with E-state index in [0.29, 0.717) is 0 Å². The monoisotopic (exact) mass is 274 g/mol. The molecule has 0 amide bonds. The van der Waals surface area contributed by atoms with Gasteiger partial charge in [-0.25, -0.2) is 0 Å². The van der Waals surface area contributed by atoms with Gasteiger partial charge in [0, 0.05) is 0 Å². The Labute approximate surface area is 90.0 Å². The summed E-state index contributed by atoms with van der Waals surface area (Å²) < 4.78 is 17.0. The second-order valence-corrected chi connectivity index (χ2v) is 2.11. The minimum absolute atomic E-state index is 0.969. The van der Waals surface area contributed by atoms with Gasteiger partial charge in [-0.3, -0.25) is 0 Å². The van der Waals surface area contributed by atoms with Gasteiger partial charge in [0.05, 0.1) is 0 Å². The number of hydrogen-bond donors (Lipinski definition) is 0. The topological polar surface area (TPSA) is 62.3 Å². The van der Waals surface area contributed by atoms with Crippen molar-refractivity contribution < 1.29 is 25.3 Å². The fraction of sp³-hybridized carbons (Fsp3) is 1.00. The van der Waals surface area contributed by atoms with Gasteiger partial charge in [-0.05, 0) is 0 Å². The van der Waals surface area contributed by atoms with Crippen molar-refractivity contribution in [2.75, 3.05) is 26.2 Å². The van der Waals surface area contributed by atoms with Crippen LogP contribution in [0.1, 0.15) is 27.7 Å². The Balaban J connectivity index is -0.000000120. The quantitative estimate of drug-likeness (QED) is 0.738. The molecule has 0 heterocycles. The molecule has 0 aromatic carbocycles. The maximum atomic E-state index is 8.50. The molecule has 0 saturated carbocycles. The van der Waals surface area contributed by atoms with Crippen LogP contribution in [0.4, 0.5) is 0 Å². The Morgan fingerprint density at radius 1 is 0.769 bits per heavy atom. The van der Waals surface area contributed by atoms with E-state index in [0.717, 1.165) is 26.2 Å². The van der Waals surface area contributed by atoms with Crippen molar-refractivity contribution in [2.45, 2.75) is 27.7 Å². The van der Waals surface area contributed by atoms with E-state index in [9.17, 15) is 0 Å². The second-order valence-electron chi connectivity index (χ2n) is 1.78. The van der Waals surface area contributed by atoms with Crippen LogP contribution in [0.5, 0.6) is 0 Å². The molecule has 0 rings (SSSR count). The van der Waals surface area contributed by atoms with Crippen LogP contribution in [0, 0.1) is 0 Å². The molecule has 80 valence electrons. The number of rotatable bonds is 4. The van der Waals surface area contributed by atoms with Crippen molar-refractivity contribution in [1.29, 1.82) is 0 Å². The number of nitrogens with zero attached hydrogens (tertiary/aromatic N) is 2. The molecule has 5 heteroatoms. The molecule has 0 N–H and O–H groups in total. The summed E-state index contributed by atoms with van der Waals surface area (Å²) in [4.78, 5) is 0. The van der Waals surface area contributed by atoms with E-state index in [1.807, 2.05) is 27.7 Å². The molecular weight excluding hydrogens is 252 g/mol. The molecule has 0 saturated heterocycles. The van der Waals surface area contributed by atoms with Gasteiger partial charge >= 0.3 is 25.3 Å². The van der Waals surface area contributed by atoms with E-state index >= 15 is 0 Å². The van der Waals surface area contributed by atoms with Gasteiger partial charge in [0.15, 0.2) is 0 Å². The SMILES string of the molecule is CC[N-]CC.CC[N-]CC.[O]=[Mo+2]=[O]. The zero-order chi connectivity index (χ0) is 10.9. The van der Waals surface area contributed by atoms with Gasteiger partial charge in [0.25, 0.3) is 0 Å². The molecule has 13 heavy (non-hydrogen) atoms. The van der Waals surface area contributed by atoms with Gasteiger partial charge in [-0.15, -0.1) is 0 Å². The molecule has 0 spiro atoms. The molecule has 0 aliphatic carbocycles. The molecule has 0 aromatic rings. The molecule has 0 bridgehead atoms. The van der Waals surface area contributed by atoms with E-state index in [4.69, 9.17) is 6.80 Å². The van der Waals surface area contributed by atoms with Crippen molar-refractivity contribution in [3.63, 3.8) is 0 Å². The Morgan fingerprint density at radius 3 is 0.923 bits per heavy atom. The first-order valence-electron chi connectivity index (χ1n) is 4.43. The zero-order valence-corrected chi connectivity index (χ0v) is 11.0. The first kappa shape index (κ1) is 18.9. The molecule has 0 aliphatic rings. The predicted octanol–water partition coefficient (Wildman–Crippen LogP) is 2.56. The van der Waals surface area contributed by atoms with Crippen molar-refractivity contribution in [2.24, 2.45) is 0 Å². The van der Waals surface area contributed by atoms with E-state index in [1.54, 1.807) is 0 Å². The van der Waals surface area contributed by atoms with Crippen molar-refractivity contribution in [1.82, 2.24) is 0 Å². The summed E-state index contributed by atoms with van der Waals surface area (Å²) in [5.41, 5.74) is 0. The summed E-state index contributed by atoms with van der Waals surface area (Å²) >= 11 is -2.03. The van der Waals surface area contributed by atoms with E-state index < -0.39 is 18.5 Å². The summed E-state index contributed by atoms with van der Waals surface area (Å²) in [7, 11) is 0. The molecule has 0 unspecified atom stereocenters. The van der Waals surface area contributed by atoms with E-state index in [2.05, 4.69) is 10.6 Å². The zero-order valence-electron chi connectivity index (χ0n) is 8.95. The minimum atomic E-state index is -2.03. The summed E-state index contributed by atoms with van der Waals surface area (Å²) in [6.45, 7) is 12.1. The standard InChI is InChI=1S/2C4H10N.Mo.2O/c2*1-3-5-4-2;;;/h2*3-4H2,1-2H3;;;/q2*-1;+2;;. The van der Waals surface area contributed by atoms with Gasteiger partial charge in [0.1, 0.15) is 0 Å². The molecule has 0 radical (unpaired) electrons. The fourth-order valence-electron chi connectivity index (χ4n) is 0.447. The van der Waals surface area contributed by atoms with Crippen molar-refractivity contribution >= 4 is 0 Å². The normalized spacial score (nSPS) is 7.08. The third kappa shape index (κ3) is 71.8. The summed E-state index contributed by atoms with van der Waals surface area (Å²) in [5, 5.41) is 7.94. The Kier molecular flexibility index (Phi) is 42.9. The molecule has 0 fully saturated rings. The van der Waals surface area contributed by atoms with Crippen LogP contribution in [0.15, 0.2) is 0 Å². The Hall–Kier alpha value is 0.208. The Morgan fingerprint density at radius 2 is 0.923 bits per heavy atom. The summed E-state index contributed by atoms with van der Waals surface area (Å²) in [6, 6.07) is 0. The van der Waals surface area contributed by atoms with Gasteiger partial charge in [0.2, 0.25) is 0 Å². The molecular formula is C8H20MoN2O2. The van der Waals surface area contributed by atoms with Crippen LogP contribution in [0.2, 0.25) is 0 Å². The van der Waals surface area contributed by atoms with Gasteiger partial charge in [-0.2, -0.15) is 26.2 Å². The van der Waals surface area contributed by atoms with Crippen molar-refractivity contribution in [3.05, 3.63) is 10.6 Å². The first-order valence-corrected chi connectivity index (χ1v) is 6.07. The van der Waals surface area contributed by atoms with Crippen LogP contribution >= 0.6 is 0 Å². The van der Waals surface area contributed by atoms with Crippen molar-refractivity contribution in [3.8, 4) is 0 Å². The third-order valence-corrected chi connectivity index (χ3v) is 0.894. The van der Waals surface area contributed by atoms with E-state index in [1.165, 1.54) is 0 Å². The average molecular weight is 272 g/mol. The number of hydrogen-bond acceptors (Lipinski definition) is 2. The predicted molar refractivity (Wildman–Crippen MR) is 50.3 cm³/mol. The van der Waals surface area contributed by atoms with Crippen LogP contribution in [0.25, 0.3) is 10.6 Å². The van der Waals surface area contributed by atoms with Crippen LogP contribution in [-0.2, 0) is 25.3 Å². The van der Waals surface area contributed by atoms with Crippen LogP contribution in [0.3, 0.4) is 0 Å². The first-order chi connectivity index (χ1) is 6.24. The van der Waals surface area contributed by atoms with Gasteiger partial charge in [-0.1, -0.05) is 27.7 Å². The van der Waals surface area contributed by atoms with E-state index in [-0.39, 0.29) is 0 Å².